The van der Waals surface area contributed by atoms with Crippen LogP contribution in [0, 0.1) is 17.8 Å². The van der Waals surface area contributed by atoms with Gasteiger partial charge in [-0.3, -0.25) is 0 Å². The first-order valence-electron chi connectivity index (χ1n) is 11.4. The van der Waals surface area contributed by atoms with E-state index in [0.717, 1.165) is 23.8 Å². The molecule has 5 aliphatic rings. The number of hydrogen-bond donors (Lipinski definition) is 0. The number of rotatable bonds is 3. The van der Waals surface area contributed by atoms with Crippen LogP contribution in [0.25, 0.3) is 0 Å². The molecule has 162 valence electrons. The molecule has 0 amide bonds. The predicted octanol–water partition coefficient (Wildman–Crippen LogP) is 3.83. The summed E-state index contributed by atoms with van der Waals surface area (Å²) in [6, 6.07) is 5.55. The van der Waals surface area contributed by atoms with Gasteiger partial charge in [0.2, 0.25) is 0 Å². The van der Waals surface area contributed by atoms with Gasteiger partial charge in [-0.05, 0) is 49.9 Å². The predicted molar refractivity (Wildman–Crippen MR) is 114 cm³/mol. The van der Waals surface area contributed by atoms with E-state index in [1.54, 1.807) is 0 Å². The summed E-state index contributed by atoms with van der Waals surface area (Å²) in [6.45, 7) is 0. The molecule has 6 heteroatoms. The average molecular weight is 421 g/mol. The molecule has 0 saturated heterocycles. The van der Waals surface area contributed by atoms with E-state index in [1.165, 1.54) is 76.3 Å². The monoisotopic (exact) mass is 420 g/mol. The van der Waals surface area contributed by atoms with E-state index in [4.69, 9.17) is 13.0 Å². The van der Waals surface area contributed by atoms with Crippen molar-refractivity contribution >= 4 is 15.8 Å². The quantitative estimate of drug-likeness (QED) is 0.551. The molecule has 4 bridgehead atoms. The molecule has 0 aliphatic heterocycles. The highest BCUT2D eigenvalue weighted by atomic mass is 32.2. The Hall–Kier alpha value is -1.14. The number of aromatic nitrogens is 1. The van der Waals surface area contributed by atoms with Crippen molar-refractivity contribution in [3.63, 3.8) is 0 Å². The minimum Gasteiger partial charge on any atom is -0.748 e. The van der Waals surface area contributed by atoms with Crippen molar-refractivity contribution in [3.8, 4) is 0 Å². The molecule has 0 N–H and O–H groups in total. The van der Waals surface area contributed by atoms with Crippen molar-refractivity contribution in [2.75, 3.05) is 18.2 Å². The molecule has 5 aliphatic carbocycles. The van der Waals surface area contributed by atoms with E-state index in [9.17, 15) is 0 Å². The fourth-order valence-corrected chi connectivity index (χ4v) is 7.03. The Balaban J connectivity index is 0.000000369. The van der Waals surface area contributed by atoms with Crippen LogP contribution in [0.1, 0.15) is 70.6 Å². The molecule has 1 aromatic heterocycles. The van der Waals surface area contributed by atoms with E-state index in [-0.39, 0.29) is 0 Å². The lowest BCUT2D eigenvalue weighted by molar-refractivity contribution is -0.776. The molecule has 0 spiro atoms. The van der Waals surface area contributed by atoms with Gasteiger partial charge in [-0.15, -0.1) is 0 Å². The van der Waals surface area contributed by atoms with Gasteiger partial charge in [-0.1, -0.05) is 19.3 Å². The molecule has 6 rings (SSSR count). The third kappa shape index (κ3) is 4.96. The van der Waals surface area contributed by atoms with Crippen molar-refractivity contribution in [1.29, 1.82) is 0 Å². The molecule has 5 saturated carbocycles. The maximum atomic E-state index is 9.08. The first-order valence-corrected chi connectivity index (χ1v) is 13.2. The maximum Gasteiger partial charge on any atom is 0.171 e. The molecule has 29 heavy (non-hydrogen) atoms. The van der Waals surface area contributed by atoms with E-state index >= 15 is 0 Å². The summed E-state index contributed by atoms with van der Waals surface area (Å²) < 4.78 is 29.8. The van der Waals surface area contributed by atoms with Gasteiger partial charge in [0.15, 0.2) is 17.9 Å². The lowest BCUT2D eigenvalue weighted by atomic mass is 9.53. The normalized spacial score (nSPS) is 33.8. The number of pyridine rings is 1. The van der Waals surface area contributed by atoms with Crippen LogP contribution >= 0.6 is 0 Å². The Morgan fingerprint density at radius 2 is 1.41 bits per heavy atom. The average Bonchev–Trinajstić information content (AvgIpc) is 2.66. The second-order valence-corrected chi connectivity index (χ2v) is 11.6. The van der Waals surface area contributed by atoms with Gasteiger partial charge in [-0.25, -0.2) is 8.42 Å². The molecule has 1 aromatic rings. The highest BCUT2D eigenvalue weighted by Crippen LogP contribution is 2.56. The van der Waals surface area contributed by atoms with Crippen LogP contribution in [0.4, 0.5) is 5.69 Å². The topological polar surface area (TPSA) is 64.3 Å². The smallest absolute Gasteiger partial charge is 0.171 e. The molecular weight excluding hydrogens is 384 g/mol. The van der Waals surface area contributed by atoms with Crippen molar-refractivity contribution in [1.82, 2.24) is 0 Å². The molecule has 0 unspecified atom stereocenters. The van der Waals surface area contributed by atoms with Crippen molar-refractivity contribution in [3.05, 3.63) is 24.5 Å². The van der Waals surface area contributed by atoms with Gasteiger partial charge in [0, 0.05) is 56.4 Å². The summed E-state index contributed by atoms with van der Waals surface area (Å²) >= 11 is 0. The maximum absolute atomic E-state index is 9.08. The fourth-order valence-electron chi connectivity index (χ4n) is 7.03. The SMILES string of the molecule is CN(c1cc[n+](C23CC4CC(CC(C4)C2)C3)cc1)C1CCCCC1.CS(=O)(=O)[O-]. The summed E-state index contributed by atoms with van der Waals surface area (Å²) in [5.41, 5.74) is 1.89. The summed E-state index contributed by atoms with van der Waals surface area (Å²) in [6.07, 6.45) is 21.4. The molecule has 0 atom stereocenters. The number of anilines is 1. The van der Waals surface area contributed by atoms with Crippen LogP contribution in [-0.2, 0) is 15.7 Å². The van der Waals surface area contributed by atoms with Gasteiger partial charge in [0.1, 0.15) is 0 Å². The van der Waals surface area contributed by atoms with Crippen LogP contribution in [0.15, 0.2) is 24.5 Å². The van der Waals surface area contributed by atoms with Gasteiger partial charge < -0.3 is 9.45 Å². The Bertz CT molecular complexity index is 757. The molecular formula is C23H36N2O3S. The first-order chi connectivity index (χ1) is 13.7. The highest BCUT2D eigenvalue weighted by Gasteiger charge is 2.56. The minimum absolute atomic E-state index is 0.469. The zero-order chi connectivity index (χ0) is 20.6. The Morgan fingerprint density at radius 1 is 0.966 bits per heavy atom. The highest BCUT2D eigenvalue weighted by molar-refractivity contribution is 7.84. The summed E-state index contributed by atoms with van der Waals surface area (Å²) in [4.78, 5) is 2.54. The van der Waals surface area contributed by atoms with Crippen LogP contribution < -0.4 is 9.47 Å². The lowest BCUT2D eigenvalue weighted by Crippen LogP contribution is -2.64. The zero-order valence-corrected chi connectivity index (χ0v) is 18.7. The first kappa shape index (κ1) is 21.1. The number of hydrogen-bond acceptors (Lipinski definition) is 4. The molecule has 0 radical (unpaired) electrons. The van der Waals surface area contributed by atoms with E-state index in [2.05, 4.69) is 41.0 Å². The Morgan fingerprint density at radius 3 is 1.86 bits per heavy atom. The summed E-state index contributed by atoms with van der Waals surface area (Å²) in [5.74, 6) is 3.06. The molecule has 5 nitrogen and oxygen atoms in total. The van der Waals surface area contributed by atoms with Crippen molar-refractivity contribution < 1.29 is 17.5 Å². The third-order valence-electron chi connectivity index (χ3n) is 7.90. The van der Waals surface area contributed by atoms with Gasteiger partial charge >= 0.3 is 0 Å². The fraction of sp³-hybridized carbons (Fsp3) is 0.783. The second kappa shape index (κ2) is 8.18. The van der Waals surface area contributed by atoms with Gasteiger partial charge in [-0.2, -0.15) is 4.57 Å². The van der Waals surface area contributed by atoms with Crippen molar-refractivity contribution in [2.45, 2.75) is 82.2 Å². The zero-order valence-electron chi connectivity index (χ0n) is 17.9. The summed E-state index contributed by atoms with van der Waals surface area (Å²) in [7, 11) is -1.61. The standard InChI is InChI=1S/C22H33N2.CH4O3S/c1-23(20-5-3-2-4-6-20)21-7-9-24(10-8-21)22-14-17-11-18(15-22)13-19(12-17)16-22;1-5(2,3)4/h7-10,17-20H,2-6,11-16H2,1H3;1H3,(H,2,3,4)/q+1;/p-1. The summed E-state index contributed by atoms with van der Waals surface area (Å²) in [5, 5.41) is 0. The third-order valence-corrected chi connectivity index (χ3v) is 7.90. The van der Waals surface area contributed by atoms with Crippen LogP contribution in [0.3, 0.4) is 0 Å². The van der Waals surface area contributed by atoms with Crippen LogP contribution in [0.2, 0.25) is 0 Å². The van der Waals surface area contributed by atoms with E-state index in [0.29, 0.717) is 11.8 Å². The second-order valence-electron chi connectivity index (χ2n) is 10.2. The largest absolute Gasteiger partial charge is 0.748 e. The molecule has 1 heterocycles. The van der Waals surface area contributed by atoms with E-state index < -0.39 is 10.1 Å². The lowest BCUT2D eigenvalue weighted by Gasteiger charge is -2.53. The Labute approximate surface area is 176 Å². The van der Waals surface area contributed by atoms with Crippen LogP contribution in [0.5, 0.6) is 0 Å². The van der Waals surface area contributed by atoms with E-state index in [1.807, 2.05) is 0 Å². The number of nitrogens with zero attached hydrogens (tertiary/aromatic N) is 2. The van der Waals surface area contributed by atoms with Crippen LogP contribution in [-0.4, -0.2) is 32.3 Å². The molecule has 5 fully saturated rings. The molecule has 0 aromatic carbocycles. The Kier molecular flexibility index (Phi) is 5.95. The van der Waals surface area contributed by atoms with Gasteiger partial charge in [0.25, 0.3) is 0 Å². The van der Waals surface area contributed by atoms with Gasteiger partial charge in [0.05, 0.1) is 10.1 Å². The van der Waals surface area contributed by atoms with Crippen molar-refractivity contribution in [2.24, 2.45) is 17.8 Å². The minimum atomic E-state index is -3.92.